The summed E-state index contributed by atoms with van der Waals surface area (Å²) in [6.07, 6.45) is 13.5. The third kappa shape index (κ3) is 5.83. The summed E-state index contributed by atoms with van der Waals surface area (Å²) in [6.45, 7) is 4.35. The molecule has 6 rings (SSSR count). The van der Waals surface area contributed by atoms with E-state index in [0.717, 1.165) is 80.5 Å². The van der Waals surface area contributed by atoms with Crippen LogP contribution in [0.5, 0.6) is 5.75 Å². The van der Waals surface area contributed by atoms with Crippen molar-refractivity contribution in [3.8, 4) is 5.75 Å². The molecule has 1 saturated carbocycles. The summed E-state index contributed by atoms with van der Waals surface area (Å²) in [5.74, 6) is -0.499. The average Bonchev–Trinajstić information content (AvgIpc) is 3.26. The molecule has 43 heavy (non-hydrogen) atoms. The molecule has 2 saturated heterocycles. The number of hydrogen-bond acceptors (Lipinski definition) is 5. The first-order valence-electron chi connectivity index (χ1n) is 16.7. The Balaban J connectivity index is 1.28. The number of nitrogens with zero attached hydrogens (tertiary/aromatic N) is 1. The number of allylic oxidation sites excluding steroid dienone is 2. The molecule has 2 aromatic rings. The number of fused-ring (bicyclic) bond motifs is 4. The summed E-state index contributed by atoms with van der Waals surface area (Å²) in [5.41, 5.74) is 4.87. The highest BCUT2D eigenvalue weighted by Gasteiger charge is 2.58. The first kappa shape index (κ1) is 30.1. The van der Waals surface area contributed by atoms with Gasteiger partial charge in [-0.05, 0) is 79.8 Å². The highest BCUT2D eigenvalue weighted by Crippen LogP contribution is 2.52. The number of hydrogen-bond donors (Lipinski definition) is 2. The molecule has 4 aliphatic rings. The number of phenolic OH excluding ortho intramolecular Hbond substituents is 1. The van der Waals surface area contributed by atoms with Crippen molar-refractivity contribution in [3.63, 3.8) is 0 Å². The zero-order chi connectivity index (χ0) is 30.1. The Kier molecular flexibility index (Phi) is 9.11. The number of carbonyl (C=O) groups excluding carboxylic acids is 2. The van der Waals surface area contributed by atoms with Crippen LogP contribution in [0, 0.1) is 17.8 Å². The van der Waals surface area contributed by atoms with Crippen molar-refractivity contribution in [1.82, 2.24) is 4.90 Å². The van der Waals surface area contributed by atoms with Crippen molar-refractivity contribution in [2.75, 3.05) is 0 Å². The number of imide groups is 1. The Hall–Kier alpha value is -2.90. The molecule has 2 amide bonds. The summed E-state index contributed by atoms with van der Waals surface area (Å²) >= 11 is 0. The predicted molar refractivity (Wildman–Crippen MR) is 171 cm³/mol. The van der Waals surface area contributed by atoms with Crippen LogP contribution in [0.2, 0.25) is 6.32 Å². The maximum absolute atomic E-state index is 14.0. The highest BCUT2D eigenvalue weighted by atomic mass is 16.5. The monoisotopic (exact) mass is 583 g/mol. The molecule has 0 unspecified atom stereocenters. The molecule has 0 spiro atoms. The van der Waals surface area contributed by atoms with E-state index in [-0.39, 0.29) is 47.5 Å². The second-order valence-corrected chi connectivity index (χ2v) is 13.2. The Morgan fingerprint density at radius 2 is 1.74 bits per heavy atom. The molecule has 0 aromatic heterocycles. The van der Waals surface area contributed by atoms with Gasteiger partial charge in [-0.3, -0.25) is 14.5 Å². The predicted octanol–water partition coefficient (Wildman–Crippen LogP) is 7.44. The Bertz CT molecular complexity index is 1430. The lowest BCUT2D eigenvalue weighted by Crippen LogP contribution is -2.46. The van der Waals surface area contributed by atoms with Crippen LogP contribution >= 0.6 is 0 Å². The van der Waals surface area contributed by atoms with Crippen LogP contribution in [0.3, 0.4) is 0 Å². The van der Waals surface area contributed by atoms with Crippen LogP contribution in [0.1, 0.15) is 96.5 Å². The lowest BCUT2D eigenvalue weighted by Gasteiger charge is -2.43. The number of rotatable bonds is 9. The molecule has 0 radical (unpaired) electrons. The van der Waals surface area contributed by atoms with Gasteiger partial charge in [0.1, 0.15) is 5.75 Å². The summed E-state index contributed by atoms with van der Waals surface area (Å²) in [6, 6.07) is 11.7. The number of carbonyl (C=O) groups is 2. The smallest absolute Gasteiger partial charge is 0.455 e. The van der Waals surface area contributed by atoms with Gasteiger partial charge in [0.05, 0.1) is 17.9 Å². The van der Waals surface area contributed by atoms with Gasteiger partial charge >= 0.3 is 7.12 Å². The largest absolute Gasteiger partial charge is 0.507 e. The number of likely N-dealkylation sites (tertiary alicyclic amines) is 1. The van der Waals surface area contributed by atoms with Crippen LogP contribution in [0.15, 0.2) is 53.1 Å². The molecular weight excluding hydrogens is 537 g/mol. The van der Waals surface area contributed by atoms with Crippen LogP contribution in [0.25, 0.3) is 16.8 Å². The fraction of sp³-hybridized carbons (Fsp3) is 0.556. The summed E-state index contributed by atoms with van der Waals surface area (Å²) in [5, 5.41) is 23.2. The summed E-state index contributed by atoms with van der Waals surface area (Å²) in [7, 11) is -0.938. The fourth-order valence-electron chi connectivity index (χ4n) is 8.59. The number of amides is 2. The van der Waals surface area contributed by atoms with Crippen LogP contribution in [-0.2, 0) is 14.2 Å². The normalized spacial score (nSPS) is 26.8. The molecule has 0 bridgehead atoms. The Morgan fingerprint density at radius 1 is 0.977 bits per heavy atom. The molecule has 4 atom stereocenters. The quantitative estimate of drug-likeness (QED) is 0.182. The lowest BCUT2D eigenvalue weighted by atomic mass is 9.58. The SMILES string of the molecule is CCCC1=C2[C@@H](CC/C(=C/c3ccc(O)c4ccccc34)CCC)OB(O)C[C@@H]2[C@@H]2C(=O)N(C3CCCCC3)C(=O)[C@@H]2C1. The Morgan fingerprint density at radius 3 is 2.49 bits per heavy atom. The van der Waals surface area contributed by atoms with Gasteiger partial charge < -0.3 is 14.8 Å². The van der Waals surface area contributed by atoms with Crippen LogP contribution in [-0.4, -0.2) is 46.1 Å². The second-order valence-electron chi connectivity index (χ2n) is 13.2. The van der Waals surface area contributed by atoms with Crippen molar-refractivity contribution in [2.24, 2.45) is 17.8 Å². The van der Waals surface area contributed by atoms with Gasteiger partial charge in [0.15, 0.2) is 0 Å². The third-order valence-corrected chi connectivity index (χ3v) is 10.4. The summed E-state index contributed by atoms with van der Waals surface area (Å²) in [4.78, 5) is 29.4. The summed E-state index contributed by atoms with van der Waals surface area (Å²) < 4.78 is 6.28. The molecule has 2 aliphatic heterocycles. The van der Waals surface area contributed by atoms with Crippen molar-refractivity contribution in [2.45, 2.75) is 109 Å². The van der Waals surface area contributed by atoms with Gasteiger partial charge in [-0.25, -0.2) is 0 Å². The van der Waals surface area contributed by atoms with Crippen molar-refractivity contribution in [1.29, 1.82) is 0 Å². The topological polar surface area (TPSA) is 87.1 Å². The van der Waals surface area contributed by atoms with Crippen LogP contribution in [0.4, 0.5) is 0 Å². The van der Waals surface area contributed by atoms with E-state index in [0.29, 0.717) is 12.7 Å². The van der Waals surface area contributed by atoms with Gasteiger partial charge in [0.2, 0.25) is 11.8 Å². The van der Waals surface area contributed by atoms with E-state index in [1.807, 2.05) is 30.3 Å². The van der Waals surface area contributed by atoms with E-state index in [9.17, 15) is 19.7 Å². The average molecular weight is 584 g/mol. The van der Waals surface area contributed by atoms with E-state index in [1.165, 1.54) is 23.1 Å². The van der Waals surface area contributed by atoms with Crippen molar-refractivity contribution >= 4 is 35.8 Å². The molecule has 3 fully saturated rings. The maximum Gasteiger partial charge on any atom is 0.455 e. The minimum Gasteiger partial charge on any atom is -0.507 e. The third-order valence-electron chi connectivity index (χ3n) is 10.4. The Labute approximate surface area is 256 Å². The van der Waals surface area contributed by atoms with E-state index in [4.69, 9.17) is 4.65 Å². The zero-order valence-electron chi connectivity index (χ0n) is 25.8. The van der Waals surface area contributed by atoms with E-state index in [2.05, 4.69) is 19.9 Å². The molecule has 228 valence electrons. The van der Waals surface area contributed by atoms with Crippen molar-refractivity contribution in [3.05, 3.63) is 58.7 Å². The molecule has 2 N–H and O–H groups in total. The maximum atomic E-state index is 14.0. The first-order valence-corrected chi connectivity index (χ1v) is 16.7. The second kappa shape index (κ2) is 13.0. The molecule has 6 nitrogen and oxygen atoms in total. The minimum absolute atomic E-state index is 0.00132. The highest BCUT2D eigenvalue weighted by molar-refractivity contribution is 6.43. The van der Waals surface area contributed by atoms with Gasteiger partial charge in [0, 0.05) is 11.4 Å². The molecule has 2 aromatic carbocycles. The number of benzene rings is 2. The van der Waals surface area contributed by atoms with Gasteiger partial charge in [-0.1, -0.05) is 93.5 Å². The lowest BCUT2D eigenvalue weighted by molar-refractivity contribution is -0.143. The first-order chi connectivity index (χ1) is 20.9. The van der Waals surface area contributed by atoms with E-state index >= 15 is 0 Å². The van der Waals surface area contributed by atoms with E-state index < -0.39 is 7.12 Å². The molecule has 2 aliphatic carbocycles. The van der Waals surface area contributed by atoms with Crippen LogP contribution < -0.4 is 0 Å². The number of aromatic hydroxyl groups is 1. The van der Waals surface area contributed by atoms with Gasteiger partial charge in [0.25, 0.3) is 0 Å². The molecular formula is C36H46BNO5. The number of phenols is 1. The minimum atomic E-state index is -0.938. The van der Waals surface area contributed by atoms with Gasteiger partial charge in [-0.15, -0.1) is 0 Å². The standard InChI is InChI=1S/C36H46BNO5/c1-3-10-23(20-24-17-18-31(39)28-15-9-8-14-27(24)28)16-19-32-33-25(11-4-2)21-29-34(30(33)22-37(42)43-32)36(41)38(35(29)40)26-12-6-5-7-13-26/h8-9,14-15,17-18,20,26,29-30,32,34,39,42H,3-7,10-13,16,19,21-22H2,1-2H3/b23-20+/t29-,30+,32-,34-/m1/s1. The molecule has 2 heterocycles. The zero-order valence-corrected chi connectivity index (χ0v) is 25.8. The fourth-order valence-corrected chi connectivity index (χ4v) is 8.59. The molecule has 7 heteroatoms. The van der Waals surface area contributed by atoms with Crippen molar-refractivity contribution < 1.29 is 24.4 Å². The van der Waals surface area contributed by atoms with E-state index in [1.54, 1.807) is 11.0 Å². The van der Waals surface area contributed by atoms with Gasteiger partial charge in [-0.2, -0.15) is 0 Å².